The summed E-state index contributed by atoms with van der Waals surface area (Å²) in [6.45, 7) is 21.6. The highest BCUT2D eigenvalue weighted by atomic mass is 32.2. The Bertz CT molecular complexity index is 1580. The highest BCUT2D eigenvalue weighted by Crippen LogP contribution is 2.55. The minimum atomic E-state index is -1.18. The number of hydrogen-bond donors (Lipinski definition) is 1. The molecule has 1 N–H and O–H groups in total. The number of aromatic carboxylic acids is 1. The van der Waals surface area contributed by atoms with Gasteiger partial charge in [0.05, 0.1) is 65.0 Å². The molecule has 0 aromatic heterocycles. The first-order valence-electron chi connectivity index (χ1n) is 19.1. The molecule has 0 aliphatic rings. The molecule has 13 heteroatoms. The lowest BCUT2D eigenvalue weighted by Crippen LogP contribution is -2.17. The van der Waals surface area contributed by atoms with E-state index in [2.05, 4.69) is 0 Å². The lowest BCUT2D eigenvalue weighted by atomic mass is 10.2. The van der Waals surface area contributed by atoms with Crippen molar-refractivity contribution in [3.05, 3.63) is 66.2 Å². The fourth-order valence-electron chi connectivity index (χ4n) is 5.54. The zero-order valence-electron chi connectivity index (χ0n) is 34.0. The number of hydrogen-bond acceptors (Lipinski definition) is 11. The van der Waals surface area contributed by atoms with Gasteiger partial charge in [0.25, 0.3) is 14.7 Å². The summed E-state index contributed by atoms with van der Waals surface area (Å²) in [5, 5.41) is 19.0. The number of ether oxygens (including phenoxy) is 9. The quantitative estimate of drug-likeness (QED) is 0.0759. The SMILES string of the molecule is CCOc1cc(OCC)c([S+](c2c(OCC)cc(OCC)cc2OCC)c2c(OCC)cc(OCC)cc2OCC)c(OCC)c1.O=C(O)c1ccccc1[O-]. The van der Waals surface area contributed by atoms with Crippen LogP contribution in [0.3, 0.4) is 0 Å². The fourth-order valence-corrected chi connectivity index (χ4v) is 8.06. The Morgan fingerprint density at radius 1 is 0.464 bits per heavy atom. The second kappa shape index (κ2) is 23.6. The van der Waals surface area contributed by atoms with E-state index < -0.39 is 22.6 Å². The summed E-state index contributed by atoms with van der Waals surface area (Å²) in [5.74, 6) is 3.96. The first kappa shape index (κ1) is 45.1. The van der Waals surface area contributed by atoms with Gasteiger partial charge in [-0.1, -0.05) is 23.9 Å². The lowest BCUT2D eigenvalue weighted by molar-refractivity contribution is -0.268. The van der Waals surface area contributed by atoms with Gasteiger partial charge in [-0.25, -0.2) is 4.79 Å². The number of carboxylic acid groups (broad SMARTS) is 1. The van der Waals surface area contributed by atoms with Crippen molar-refractivity contribution < 1.29 is 57.6 Å². The number of carboxylic acids is 1. The Morgan fingerprint density at radius 2 is 0.714 bits per heavy atom. The third-order valence-corrected chi connectivity index (χ3v) is 9.88. The smallest absolute Gasteiger partial charge is 0.335 e. The van der Waals surface area contributed by atoms with Crippen LogP contribution in [0.4, 0.5) is 0 Å². The topological polar surface area (TPSA) is 143 Å². The summed E-state index contributed by atoms with van der Waals surface area (Å²) in [6, 6.07) is 17.0. The van der Waals surface area contributed by atoms with Crippen LogP contribution in [0.1, 0.15) is 72.7 Å². The van der Waals surface area contributed by atoms with Crippen LogP contribution in [0, 0.1) is 0 Å². The molecule has 4 aromatic carbocycles. The molecule has 0 spiro atoms. The molecule has 4 aromatic rings. The Hall–Kier alpha value is -5.30. The molecule has 0 saturated carbocycles. The van der Waals surface area contributed by atoms with E-state index in [1.807, 2.05) is 98.7 Å². The second-order valence-corrected chi connectivity index (χ2v) is 13.1. The van der Waals surface area contributed by atoms with Gasteiger partial charge in [-0.3, -0.25) is 0 Å². The van der Waals surface area contributed by atoms with Crippen molar-refractivity contribution in [1.29, 1.82) is 0 Å². The van der Waals surface area contributed by atoms with Crippen molar-refractivity contribution in [2.75, 3.05) is 59.5 Å². The molecular formula is C43H56O12S. The van der Waals surface area contributed by atoms with Crippen LogP contribution in [-0.4, -0.2) is 70.5 Å². The van der Waals surface area contributed by atoms with Crippen molar-refractivity contribution in [1.82, 2.24) is 0 Å². The van der Waals surface area contributed by atoms with Crippen LogP contribution >= 0.6 is 0 Å². The third-order valence-electron chi connectivity index (χ3n) is 7.44. The zero-order chi connectivity index (χ0) is 41.0. The van der Waals surface area contributed by atoms with Gasteiger partial charge in [0, 0.05) is 36.4 Å². The monoisotopic (exact) mass is 796 g/mol. The normalized spacial score (nSPS) is 10.5. The Balaban J connectivity index is 0.000000728. The van der Waals surface area contributed by atoms with Gasteiger partial charge in [0.15, 0.2) is 34.5 Å². The summed E-state index contributed by atoms with van der Waals surface area (Å²) in [5.41, 5.74) is -0.178. The summed E-state index contributed by atoms with van der Waals surface area (Å²) in [4.78, 5) is 12.6. The standard InChI is InChI=1S/C36H51O9S.C7H6O3/c1-10-37-25-19-28(40-13-4)34(29(20-25)41-14-5)46(35-30(42-15-6)21-26(38-11-2)22-31(35)43-16-7)36-32(44-17-8)23-27(39-12-3)24-33(36)45-18-9;8-6-4-2-1-3-5(6)7(9)10/h19-24H,10-18H2,1-9H3;1-4,8H,(H,9,10)/q+1;/p-1. The van der Waals surface area contributed by atoms with Gasteiger partial charge in [-0.2, -0.15) is 0 Å². The molecule has 0 atom stereocenters. The van der Waals surface area contributed by atoms with Gasteiger partial charge >= 0.3 is 5.97 Å². The van der Waals surface area contributed by atoms with Crippen LogP contribution < -0.4 is 47.7 Å². The van der Waals surface area contributed by atoms with E-state index >= 15 is 0 Å². The van der Waals surface area contributed by atoms with E-state index in [9.17, 15) is 9.90 Å². The molecule has 0 aliphatic carbocycles. The molecule has 12 nitrogen and oxygen atoms in total. The van der Waals surface area contributed by atoms with E-state index in [1.165, 1.54) is 24.3 Å². The first-order valence-corrected chi connectivity index (χ1v) is 20.3. The van der Waals surface area contributed by atoms with Gasteiger partial charge in [0.1, 0.15) is 28.1 Å². The Labute approximate surface area is 333 Å². The molecule has 0 unspecified atom stereocenters. The van der Waals surface area contributed by atoms with Crippen molar-refractivity contribution >= 4 is 16.9 Å². The zero-order valence-corrected chi connectivity index (χ0v) is 34.8. The van der Waals surface area contributed by atoms with E-state index in [0.29, 0.717) is 111 Å². The van der Waals surface area contributed by atoms with Gasteiger partial charge in [0.2, 0.25) is 0 Å². The van der Waals surface area contributed by atoms with Crippen LogP contribution in [0.15, 0.2) is 75.4 Å². The van der Waals surface area contributed by atoms with Gasteiger partial charge in [-0.05, 0) is 68.4 Å². The number of rotatable bonds is 22. The average Bonchev–Trinajstić information content (AvgIpc) is 3.15. The summed E-state index contributed by atoms with van der Waals surface area (Å²) < 4.78 is 56.3. The third kappa shape index (κ3) is 11.8. The Morgan fingerprint density at radius 3 is 0.911 bits per heavy atom. The molecule has 0 aliphatic heterocycles. The maximum Gasteiger partial charge on any atom is 0.335 e. The predicted molar refractivity (Wildman–Crippen MR) is 215 cm³/mol. The van der Waals surface area contributed by atoms with Crippen molar-refractivity contribution in [3.8, 4) is 57.5 Å². The minimum absolute atomic E-state index is 0.178. The largest absolute Gasteiger partial charge is 0.872 e. The second-order valence-electron chi connectivity index (χ2n) is 11.3. The van der Waals surface area contributed by atoms with Crippen LogP contribution in [0.5, 0.6) is 57.5 Å². The lowest BCUT2D eigenvalue weighted by Gasteiger charge is -2.23. The Kier molecular flexibility index (Phi) is 19.0. The van der Waals surface area contributed by atoms with Crippen LogP contribution in [0.25, 0.3) is 0 Å². The predicted octanol–water partition coefficient (Wildman–Crippen LogP) is 8.83. The highest BCUT2D eigenvalue weighted by Gasteiger charge is 2.47. The first-order chi connectivity index (χ1) is 27.2. The van der Waals surface area contributed by atoms with E-state index in [-0.39, 0.29) is 5.56 Å². The molecular weight excluding hydrogens is 741 g/mol. The summed E-state index contributed by atoms with van der Waals surface area (Å²) in [6.07, 6.45) is 0. The molecule has 0 amide bonds. The van der Waals surface area contributed by atoms with Crippen LogP contribution in [-0.2, 0) is 10.9 Å². The molecule has 0 radical (unpaired) electrons. The molecule has 4 rings (SSSR count). The molecule has 56 heavy (non-hydrogen) atoms. The number of carbonyl (C=O) groups is 1. The maximum absolute atomic E-state index is 10.7. The molecule has 0 heterocycles. The van der Waals surface area contributed by atoms with Gasteiger partial charge in [-0.15, -0.1) is 0 Å². The van der Waals surface area contributed by atoms with E-state index in [0.717, 1.165) is 14.7 Å². The van der Waals surface area contributed by atoms with E-state index in [1.54, 1.807) is 0 Å². The van der Waals surface area contributed by atoms with Crippen molar-refractivity contribution in [2.45, 2.75) is 77.0 Å². The number of para-hydroxylation sites is 1. The summed E-state index contributed by atoms with van der Waals surface area (Å²) in [7, 11) is -1.05. The molecule has 0 saturated heterocycles. The maximum atomic E-state index is 10.7. The molecule has 0 fully saturated rings. The average molecular weight is 797 g/mol. The minimum Gasteiger partial charge on any atom is -0.872 e. The number of benzene rings is 4. The van der Waals surface area contributed by atoms with Crippen molar-refractivity contribution in [3.63, 3.8) is 0 Å². The van der Waals surface area contributed by atoms with E-state index in [4.69, 9.17) is 47.7 Å². The van der Waals surface area contributed by atoms with Crippen LogP contribution in [0.2, 0.25) is 0 Å². The summed E-state index contributed by atoms with van der Waals surface area (Å²) >= 11 is 0. The molecule has 306 valence electrons. The highest BCUT2D eigenvalue weighted by molar-refractivity contribution is 7.97. The molecule has 0 bridgehead atoms. The van der Waals surface area contributed by atoms with Gasteiger partial charge < -0.3 is 52.8 Å². The fraction of sp³-hybridized carbons (Fsp3) is 0.419. The van der Waals surface area contributed by atoms with Crippen molar-refractivity contribution in [2.24, 2.45) is 0 Å².